The predicted octanol–water partition coefficient (Wildman–Crippen LogP) is 0.565. The van der Waals surface area contributed by atoms with Crippen LogP contribution < -0.4 is 0 Å². The highest BCUT2D eigenvalue weighted by Crippen LogP contribution is 1.52. The van der Waals surface area contributed by atoms with Crippen LogP contribution in [0.5, 0.6) is 0 Å². The number of carbonyl (C=O) groups excluding carboxylic acids is 1. The van der Waals surface area contributed by atoms with Gasteiger partial charge in [0.15, 0.2) is 0 Å². The molecule has 0 saturated carbocycles. The molecule has 0 aliphatic heterocycles. The average Bonchev–Trinajstić information content (AvgIpc) is 1.41. The minimum absolute atomic E-state index is 0.694. The number of allylic oxidation sites excluding steroid dienone is 2. The quantitative estimate of drug-likeness (QED) is 0.325. The zero-order chi connectivity index (χ0) is 4.12. The van der Waals surface area contributed by atoms with Gasteiger partial charge in [0, 0.05) is 0 Å². The van der Waals surface area contributed by atoms with Crippen molar-refractivity contribution in [2.45, 2.75) is 6.92 Å². The van der Waals surface area contributed by atoms with E-state index in [1.165, 1.54) is 6.08 Å². The molecule has 0 rings (SSSR count). The molecule has 0 amide bonds. The van der Waals surface area contributed by atoms with Crippen LogP contribution in [0, 0.1) is 6.08 Å². The summed E-state index contributed by atoms with van der Waals surface area (Å²) in [6, 6.07) is 0. The number of aldehydes is 1. The fourth-order valence-corrected chi connectivity index (χ4v) is 0.0680. The van der Waals surface area contributed by atoms with Crippen molar-refractivity contribution < 1.29 is 4.79 Å². The van der Waals surface area contributed by atoms with Crippen LogP contribution in [-0.4, -0.2) is 6.29 Å². The van der Waals surface area contributed by atoms with E-state index in [0.29, 0.717) is 6.29 Å². The van der Waals surface area contributed by atoms with Gasteiger partial charge >= 0.3 is 0 Å². The molecule has 0 spiro atoms. The van der Waals surface area contributed by atoms with Gasteiger partial charge in [-0.15, -0.1) is 0 Å². The molecule has 0 heterocycles. The molecule has 1 heteroatoms. The number of hydrogen-bond acceptors (Lipinski definition) is 1. The van der Waals surface area contributed by atoms with Crippen LogP contribution in [0.25, 0.3) is 0 Å². The summed E-state index contributed by atoms with van der Waals surface area (Å²) in [4.78, 5) is 9.29. The summed E-state index contributed by atoms with van der Waals surface area (Å²) in [6.45, 7) is 1.68. The zero-order valence-corrected chi connectivity index (χ0v) is 3.06. The number of rotatable bonds is 1. The van der Waals surface area contributed by atoms with E-state index in [0.717, 1.165) is 0 Å². The van der Waals surface area contributed by atoms with Gasteiger partial charge in [-0.2, -0.15) is 0 Å². The van der Waals surface area contributed by atoms with Crippen molar-refractivity contribution in [3.63, 3.8) is 0 Å². The van der Waals surface area contributed by atoms with Crippen LogP contribution in [0.3, 0.4) is 0 Å². The summed E-state index contributed by atoms with van der Waals surface area (Å²) in [7, 11) is 0. The van der Waals surface area contributed by atoms with Crippen molar-refractivity contribution >= 4 is 6.29 Å². The van der Waals surface area contributed by atoms with E-state index >= 15 is 0 Å². The topological polar surface area (TPSA) is 17.1 Å². The van der Waals surface area contributed by atoms with Crippen LogP contribution in [0.15, 0.2) is 6.08 Å². The standard InChI is InChI=1S/C4H5O/c1-2-3-4-5/h3-4H,1H3. The Kier molecular flexibility index (Phi) is 3.01. The lowest BCUT2D eigenvalue weighted by Gasteiger charge is -1.49. The highest BCUT2D eigenvalue weighted by molar-refractivity contribution is 5.63. The second-order valence-electron chi connectivity index (χ2n) is 0.591. The molecule has 0 fully saturated rings. The fourth-order valence-electron chi connectivity index (χ4n) is 0.0680. The summed E-state index contributed by atoms with van der Waals surface area (Å²) in [5.41, 5.74) is 0. The van der Waals surface area contributed by atoms with Crippen molar-refractivity contribution in [2.24, 2.45) is 0 Å². The number of hydrogen-bond donors (Lipinski definition) is 0. The van der Waals surface area contributed by atoms with Crippen LogP contribution in [-0.2, 0) is 4.79 Å². The Morgan fingerprint density at radius 3 is 2.40 bits per heavy atom. The van der Waals surface area contributed by atoms with Gasteiger partial charge in [-0.25, -0.2) is 0 Å². The normalized spacial score (nSPS) is 9.00. The largest absolute Gasteiger partial charge is 0.299 e. The molecule has 0 N–H and O–H groups in total. The zero-order valence-electron chi connectivity index (χ0n) is 3.06. The van der Waals surface area contributed by atoms with E-state index in [1.807, 2.05) is 0 Å². The Labute approximate surface area is 31.3 Å². The van der Waals surface area contributed by atoms with Crippen LogP contribution in [0.1, 0.15) is 6.92 Å². The summed E-state index contributed by atoms with van der Waals surface area (Å²) in [5, 5.41) is 0. The lowest BCUT2D eigenvalue weighted by molar-refractivity contribution is -0.104. The Hall–Kier alpha value is -0.590. The van der Waals surface area contributed by atoms with Gasteiger partial charge in [0.1, 0.15) is 6.29 Å². The van der Waals surface area contributed by atoms with Crippen molar-refractivity contribution in [1.82, 2.24) is 0 Å². The summed E-state index contributed by atoms with van der Waals surface area (Å²) in [5.74, 6) is 0. The first-order valence-corrected chi connectivity index (χ1v) is 1.36. The smallest absolute Gasteiger partial charge is 0.143 e. The molecule has 0 aromatic rings. The van der Waals surface area contributed by atoms with E-state index in [2.05, 4.69) is 6.08 Å². The molecule has 27 valence electrons. The number of carbonyl (C=O) groups is 1. The molecule has 1 radical (unpaired) electrons. The monoisotopic (exact) mass is 69.0 g/mol. The summed E-state index contributed by atoms with van der Waals surface area (Å²) >= 11 is 0. The first kappa shape index (κ1) is 4.41. The minimum Gasteiger partial charge on any atom is -0.299 e. The molecule has 1 nitrogen and oxygen atoms in total. The Bertz CT molecular complexity index is 45.6. The molecule has 0 bridgehead atoms. The molecule has 0 aliphatic carbocycles. The Balaban J connectivity index is 2.92. The van der Waals surface area contributed by atoms with Gasteiger partial charge < -0.3 is 0 Å². The molecule has 0 aromatic heterocycles. The molecule has 5 heavy (non-hydrogen) atoms. The molecule has 0 atom stereocenters. The lowest BCUT2D eigenvalue weighted by Crippen LogP contribution is -1.51. The Morgan fingerprint density at radius 2 is 2.40 bits per heavy atom. The van der Waals surface area contributed by atoms with Gasteiger partial charge in [-0.1, -0.05) is 0 Å². The predicted molar refractivity (Wildman–Crippen MR) is 19.6 cm³/mol. The van der Waals surface area contributed by atoms with Crippen molar-refractivity contribution in [2.75, 3.05) is 0 Å². The maximum Gasteiger partial charge on any atom is 0.143 e. The second kappa shape index (κ2) is 3.41. The molecular formula is C4H5O. The van der Waals surface area contributed by atoms with Crippen LogP contribution in [0.2, 0.25) is 0 Å². The first-order chi connectivity index (χ1) is 2.41. The van der Waals surface area contributed by atoms with Crippen LogP contribution in [0.4, 0.5) is 0 Å². The third kappa shape index (κ3) is 3.41. The minimum atomic E-state index is 0.694. The third-order valence-corrected chi connectivity index (χ3v) is 0.235. The molecule has 0 aliphatic rings. The van der Waals surface area contributed by atoms with E-state index < -0.39 is 0 Å². The van der Waals surface area contributed by atoms with Crippen LogP contribution >= 0.6 is 0 Å². The first-order valence-electron chi connectivity index (χ1n) is 1.36. The van der Waals surface area contributed by atoms with E-state index in [-0.39, 0.29) is 0 Å². The highest BCUT2D eigenvalue weighted by atomic mass is 16.1. The molecule has 0 unspecified atom stereocenters. The van der Waals surface area contributed by atoms with E-state index in [4.69, 9.17) is 0 Å². The Morgan fingerprint density at radius 1 is 1.80 bits per heavy atom. The molecular weight excluding hydrogens is 64.0 g/mol. The summed E-state index contributed by atoms with van der Waals surface area (Å²) < 4.78 is 0. The second-order valence-corrected chi connectivity index (χ2v) is 0.591. The van der Waals surface area contributed by atoms with Gasteiger partial charge in [0.05, 0.1) is 0 Å². The van der Waals surface area contributed by atoms with Gasteiger partial charge in [-0.3, -0.25) is 4.79 Å². The fraction of sp³-hybridized carbons (Fsp3) is 0.250. The van der Waals surface area contributed by atoms with Gasteiger partial charge in [0.25, 0.3) is 0 Å². The van der Waals surface area contributed by atoms with E-state index in [1.54, 1.807) is 6.92 Å². The maximum atomic E-state index is 9.29. The van der Waals surface area contributed by atoms with Gasteiger partial charge in [0.2, 0.25) is 0 Å². The van der Waals surface area contributed by atoms with E-state index in [9.17, 15) is 4.79 Å². The van der Waals surface area contributed by atoms with Crippen molar-refractivity contribution in [3.05, 3.63) is 12.2 Å². The lowest BCUT2D eigenvalue weighted by atomic mass is 10.6. The summed E-state index contributed by atoms with van der Waals surface area (Å²) in [6.07, 6.45) is 4.54. The maximum absolute atomic E-state index is 9.29. The third-order valence-electron chi connectivity index (χ3n) is 0.235. The SMILES string of the molecule is C/[C]=C/C=O. The molecule has 0 saturated heterocycles. The molecule has 0 aromatic carbocycles. The average molecular weight is 69.1 g/mol. The van der Waals surface area contributed by atoms with Gasteiger partial charge in [-0.05, 0) is 19.1 Å². The van der Waals surface area contributed by atoms with Crippen molar-refractivity contribution in [1.29, 1.82) is 0 Å². The van der Waals surface area contributed by atoms with Crippen molar-refractivity contribution in [3.8, 4) is 0 Å². The highest BCUT2D eigenvalue weighted by Gasteiger charge is 1.49.